The van der Waals surface area contributed by atoms with Crippen molar-refractivity contribution in [1.82, 2.24) is 4.98 Å². The Labute approximate surface area is 69.6 Å². The Hall–Kier alpha value is -0.460. The SMILES string of the molecule is Nc1cc(F)nc(F)c1I. The summed E-state index contributed by atoms with van der Waals surface area (Å²) in [5.74, 6) is -1.76. The number of halogens is 3. The third kappa shape index (κ3) is 1.34. The van der Waals surface area contributed by atoms with Gasteiger partial charge in [0.1, 0.15) is 0 Å². The highest BCUT2D eigenvalue weighted by atomic mass is 127. The molecule has 0 radical (unpaired) electrons. The van der Waals surface area contributed by atoms with Crippen molar-refractivity contribution in [2.75, 3.05) is 5.73 Å². The molecule has 10 heavy (non-hydrogen) atoms. The van der Waals surface area contributed by atoms with Gasteiger partial charge in [-0.1, -0.05) is 0 Å². The zero-order valence-electron chi connectivity index (χ0n) is 4.74. The van der Waals surface area contributed by atoms with E-state index in [4.69, 9.17) is 5.73 Å². The standard InChI is InChI=1S/C5H3F2IN2/c6-3-1-2(9)4(8)5(7)10-3/h1H,(H2,9,10). The molecule has 5 heteroatoms. The Morgan fingerprint density at radius 1 is 1.50 bits per heavy atom. The summed E-state index contributed by atoms with van der Waals surface area (Å²) in [6, 6.07) is 0.977. The van der Waals surface area contributed by atoms with Crippen molar-refractivity contribution in [3.63, 3.8) is 0 Å². The van der Waals surface area contributed by atoms with Gasteiger partial charge in [0.25, 0.3) is 0 Å². The van der Waals surface area contributed by atoms with Crippen LogP contribution in [-0.2, 0) is 0 Å². The third-order valence-corrected chi connectivity index (χ3v) is 1.98. The highest BCUT2D eigenvalue weighted by Crippen LogP contribution is 2.16. The molecule has 0 bridgehead atoms. The molecule has 54 valence electrons. The predicted octanol–water partition coefficient (Wildman–Crippen LogP) is 1.55. The third-order valence-electron chi connectivity index (χ3n) is 0.914. The molecule has 1 aromatic heterocycles. The Morgan fingerprint density at radius 2 is 2.10 bits per heavy atom. The van der Waals surface area contributed by atoms with Gasteiger partial charge in [0.2, 0.25) is 11.9 Å². The molecule has 0 spiro atoms. The number of anilines is 1. The Bertz CT molecular complexity index is 241. The molecule has 0 saturated heterocycles. The summed E-state index contributed by atoms with van der Waals surface area (Å²) >= 11 is 1.66. The number of hydrogen-bond donors (Lipinski definition) is 1. The Kier molecular flexibility index (Phi) is 2.02. The fourth-order valence-electron chi connectivity index (χ4n) is 0.486. The second-order valence-corrected chi connectivity index (χ2v) is 2.72. The van der Waals surface area contributed by atoms with Crippen LogP contribution in [0.5, 0.6) is 0 Å². The normalized spacial score (nSPS) is 9.90. The quantitative estimate of drug-likeness (QED) is 0.565. The fourth-order valence-corrected chi connectivity index (χ4v) is 0.762. The topological polar surface area (TPSA) is 38.9 Å². The smallest absolute Gasteiger partial charge is 0.231 e. The molecule has 0 fully saturated rings. The first-order valence-corrected chi connectivity index (χ1v) is 3.46. The first-order chi connectivity index (χ1) is 4.61. The lowest BCUT2D eigenvalue weighted by atomic mass is 10.4. The molecule has 0 aliphatic rings. The summed E-state index contributed by atoms with van der Waals surface area (Å²) < 4.78 is 24.7. The van der Waals surface area contributed by atoms with Gasteiger partial charge in [0.15, 0.2) is 0 Å². The van der Waals surface area contributed by atoms with E-state index in [-0.39, 0.29) is 9.26 Å². The average molecular weight is 256 g/mol. The second-order valence-electron chi connectivity index (χ2n) is 1.64. The van der Waals surface area contributed by atoms with E-state index in [2.05, 4.69) is 4.98 Å². The van der Waals surface area contributed by atoms with Gasteiger partial charge in [-0.2, -0.15) is 13.8 Å². The van der Waals surface area contributed by atoms with Crippen molar-refractivity contribution in [1.29, 1.82) is 0 Å². The van der Waals surface area contributed by atoms with E-state index < -0.39 is 11.9 Å². The van der Waals surface area contributed by atoms with Crippen molar-refractivity contribution < 1.29 is 8.78 Å². The number of nitrogens with zero attached hydrogens (tertiary/aromatic N) is 1. The van der Waals surface area contributed by atoms with E-state index in [0.29, 0.717) is 0 Å². The Balaban J connectivity index is 3.31. The highest BCUT2D eigenvalue weighted by Gasteiger charge is 2.05. The van der Waals surface area contributed by atoms with E-state index in [9.17, 15) is 8.78 Å². The maximum Gasteiger partial charge on any atom is 0.231 e. The minimum absolute atomic E-state index is 0.0746. The van der Waals surface area contributed by atoms with Crippen LogP contribution in [0.1, 0.15) is 0 Å². The van der Waals surface area contributed by atoms with Crippen molar-refractivity contribution in [2.45, 2.75) is 0 Å². The molecular weight excluding hydrogens is 253 g/mol. The molecule has 2 nitrogen and oxygen atoms in total. The van der Waals surface area contributed by atoms with Gasteiger partial charge in [-0.3, -0.25) is 0 Å². The summed E-state index contributed by atoms with van der Waals surface area (Å²) in [7, 11) is 0. The molecule has 0 aliphatic heterocycles. The van der Waals surface area contributed by atoms with E-state index in [1.165, 1.54) is 0 Å². The lowest BCUT2D eigenvalue weighted by Gasteiger charge is -1.96. The van der Waals surface area contributed by atoms with Crippen molar-refractivity contribution in [2.24, 2.45) is 0 Å². The predicted molar refractivity (Wildman–Crippen MR) is 41.3 cm³/mol. The molecule has 0 aromatic carbocycles. The molecule has 0 amide bonds. The van der Waals surface area contributed by atoms with Crippen LogP contribution in [0.2, 0.25) is 0 Å². The maximum atomic E-state index is 12.4. The van der Waals surface area contributed by atoms with E-state index in [1.807, 2.05) is 0 Å². The zero-order chi connectivity index (χ0) is 7.72. The highest BCUT2D eigenvalue weighted by molar-refractivity contribution is 14.1. The van der Waals surface area contributed by atoms with Crippen molar-refractivity contribution in [3.8, 4) is 0 Å². The average Bonchev–Trinajstić information content (AvgIpc) is 1.82. The number of aromatic nitrogens is 1. The van der Waals surface area contributed by atoms with Crippen LogP contribution in [0, 0.1) is 15.5 Å². The second kappa shape index (κ2) is 2.65. The number of nitrogen functional groups attached to an aromatic ring is 1. The molecule has 1 heterocycles. The van der Waals surface area contributed by atoms with Gasteiger partial charge in [0, 0.05) is 6.07 Å². The summed E-state index contributed by atoms with van der Waals surface area (Å²) in [6.45, 7) is 0. The van der Waals surface area contributed by atoms with E-state index >= 15 is 0 Å². The van der Waals surface area contributed by atoms with Crippen LogP contribution >= 0.6 is 22.6 Å². The maximum absolute atomic E-state index is 12.4. The summed E-state index contributed by atoms with van der Waals surface area (Å²) in [4.78, 5) is 2.91. The number of nitrogens with two attached hydrogens (primary N) is 1. The molecule has 0 atom stereocenters. The van der Waals surface area contributed by atoms with Crippen molar-refractivity contribution >= 4 is 28.3 Å². The molecule has 0 saturated carbocycles. The summed E-state index contributed by atoms with van der Waals surface area (Å²) in [5.41, 5.74) is 5.27. The fraction of sp³-hybridized carbons (Fsp3) is 0. The van der Waals surface area contributed by atoms with Crippen molar-refractivity contribution in [3.05, 3.63) is 21.5 Å². The van der Waals surface area contributed by atoms with E-state index in [0.717, 1.165) is 6.07 Å². The molecule has 1 rings (SSSR count). The number of hydrogen-bond acceptors (Lipinski definition) is 2. The van der Waals surface area contributed by atoms with Gasteiger partial charge in [0.05, 0.1) is 9.26 Å². The molecule has 0 aliphatic carbocycles. The van der Waals surface area contributed by atoms with Gasteiger partial charge in [-0.15, -0.1) is 0 Å². The molecule has 2 N–H and O–H groups in total. The van der Waals surface area contributed by atoms with Gasteiger partial charge < -0.3 is 5.73 Å². The van der Waals surface area contributed by atoms with Crippen LogP contribution in [0.4, 0.5) is 14.5 Å². The Morgan fingerprint density at radius 3 is 2.60 bits per heavy atom. The first-order valence-electron chi connectivity index (χ1n) is 2.38. The van der Waals surface area contributed by atoms with Crippen LogP contribution < -0.4 is 5.73 Å². The minimum atomic E-state index is -0.893. The summed E-state index contributed by atoms with van der Waals surface area (Å²) in [6.07, 6.45) is 0. The lowest BCUT2D eigenvalue weighted by Crippen LogP contribution is -1.98. The minimum Gasteiger partial charge on any atom is -0.398 e. The van der Waals surface area contributed by atoms with E-state index in [1.54, 1.807) is 22.6 Å². The zero-order valence-corrected chi connectivity index (χ0v) is 6.89. The molecule has 1 aromatic rings. The van der Waals surface area contributed by atoms with Crippen LogP contribution in [0.15, 0.2) is 6.07 Å². The lowest BCUT2D eigenvalue weighted by molar-refractivity contribution is 0.509. The molecular formula is C5H3F2IN2. The summed E-state index contributed by atoms with van der Waals surface area (Å²) in [5, 5.41) is 0. The first kappa shape index (κ1) is 7.64. The van der Waals surface area contributed by atoms with Gasteiger partial charge in [-0.25, -0.2) is 0 Å². The van der Waals surface area contributed by atoms with Crippen LogP contribution in [-0.4, -0.2) is 4.98 Å². The largest absolute Gasteiger partial charge is 0.398 e. The monoisotopic (exact) mass is 256 g/mol. The van der Waals surface area contributed by atoms with Crippen LogP contribution in [0.3, 0.4) is 0 Å². The number of pyridine rings is 1. The number of rotatable bonds is 0. The van der Waals surface area contributed by atoms with Gasteiger partial charge >= 0.3 is 0 Å². The molecule has 0 unspecified atom stereocenters. The van der Waals surface area contributed by atoms with Gasteiger partial charge in [-0.05, 0) is 22.6 Å². The van der Waals surface area contributed by atoms with Crippen LogP contribution in [0.25, 0.3) is 0 Å².